The maximum atomic E-state index is 13.2. The van der Waals surface area contributed by atoms with E-state index in [0.717, 1.165) is 21.2 Å². The number of amides is 3. The quantitative estimate of drug-likeness (QED) is 0.279. The first-order valence-electron chi connectivity index (χ1n) is 10.8. The van der Waals surface area contributed by atoms with E-state index in [4.69, 9.17) is 16.3 Å². The molecule has 4 aromatic rings. The van der Waals surface area contributed by atoms with Gasteiger partial charge in [0.15, 0.2) is 0 Å². The van der Waals surface area contributed by atoms with Crippen LogP contribution in [0, 0.1) is 11.3 Å². The Hall–Kier alpha value is -4.60. The SMILES string of the molecule is N#Cc1ccccc1COc1ccc2ccccc2c1/C=C1/NC(=O)N(c2ccc(Cl)cc2)C1=O. The summed E-state index contributed by atoms with van der Waals surface area (Å²) in [5.74, 6) is 0.0435. The summed E-state index contributed by atoms with van der Waals surface area (Å²) in [7, 11) is 0. The number of fused-ring (bicyclic) bond motifs is 1. The molecule has 6 nitrogen and oxygen atoms in total. The first-order chi connectivity index (χ1) is 17.0. The molecule has 0 atom stereocenters. The lowest BCUT2D eigenvalue weighted by atomic mass is 10.0. The molecular formula is C28H18ClN3O3. The van der Waals surface area contributed by atoms with Crippen LogP contribution in [-0.4, -0.2) is 11.9 Å². The molecule has 1 fully saturated rings. The van der Waals surface area contributed by atoms with Crippen molar-refractivity contribution in [3.05, 3.63) is 112 Å². The summed E-state index contributed by atoms with van der Waals surface area (Å²) in [6, 6.07) is 26.8. The van der Waals surface area contributed by atoms with Crippen molar-refractivity contribution in [2.75, 3.05) is 4.90 Å². The van der Waals surface area contributed by atoms with Gasteiger partial charge >= 0.3 is 6.03 Å². The highest BCUT2D eigenvalue weighted by atomic mass is 35.5. The number of carbonyl (C=O) groups is 2. The van der Waals surface area contributed by atoms with Crippen molar-refractivity contribution in [3.8, 4) is 11.8 Å². The molecule has 3 amide bonds. The molecule has 0 radical (unpaired) electrons. The summed E-state index contributed by atoms with van der Waals surface area (Å²) in [6.07, 6.45) is 1.63. The molecule has 4 aromatic carbocycles. The minimum Gasteiger partial charge on any atom is -0.488 e. The maximum absolute atomic E-state index is 13.2. The molecule has 1 saturated heterocycles. The van der Waals surface area contributed by atoms with Crippen LogP contribution in [0.4, 0.5) is 10.5 Å². The highest BCUT2D eigenvalue weighted by molar-refractivity contribution is 6.31. The number of ether oxygens (including phenoxy) is 1. The fourth-order valence-electron chi connectivity index (χ4n) is 3.97. The zero-order valence-corrected chi connectivity index (χ0v) is 19.1. The summed E-state index contributed by atoms with van der Waals surface area (Å²) in [5.41, 5.74) is 2.48. The minimum absolute atomic E-state index is 0.128. The summed E-state index contributed by atoms with van der Waals surface area (Å²) in [5, 5.41) is 14.4. The van der Waals surface area contributed by atoms with Crippen LogP contribution >= 0.6 is 11.6 Å². The first-order valence-corrected chi connectivity index (χ1v) is 11.2. The number of hydrogen-bond donors (Lipinski definition) is 1. The molecule has 0 aliphatic carbocycles. The van der Waals surface area contributed by atoms with Gasteiger partial charge in [-0.15, -0.1) is 0 Å². The Kier molecular flexibility index (Phi) is 5.92. The Morgan fingerprint density at radius 3 is 2.49 bits per heavy atom. The van der Waals surface area contributed by atoms with Gasteiger partial charge in [0.25, 0.3) is 5.91 Å². The van der Waals surface area contributed by atoms with Crippen LogP contribution in [0.1, 0.15) is 16.7 Å². The van der Waals surface area contributed by atoms with Crippen LogP contribution in [0.2, 0.25) is 5.02 Å². The van der Waals surface area contributed by atoms with Crippen molar-refractivity contribution in [3.63, 3.8) is 0 Å². The number of rotatable bonds is 5. The standard InChI is InChI=1S/C28H18ClN3O3/c29-21-10-12-22(13-11-21)32-27(33)25(31-28(32)34)15-24-23-8-4-3-5-18(23)9-14-26(24)35-17-20-7-2-1-6-19(20)16-30/h1-15H,17H2,(H,31,34)/b25-15+. The van der Waals surface area contributed by atoms with E-state index in [1.165, 1.54) is 0 Å². The van der Waals surface area contributed by atoms with Crippen LogP contribution in [0.25, 0.3) is 16.8 Å². The Labute approximate surface area is 206 Å². The van der Waals surface area contributed by atoms with E-state index in [0.29, 0.717) is 27.6 Å². The number of imide groups is 1. The zero-order valence-electron chi connectivity index (χ0n) is 18.4. The fourth-order valence-corrected chi connectivity index (χ4v) is 4.09. The van der Waals surface area contributed by atoms with Crippen molar-refractivity contribution < 1.29 is 14.3 Å². The number of carbonyl (C=O) groups excluding carboxylic acids is 2. The predicted octanol–water partition coefficient (Wildman–Crippen LogP) is 6.04. The Bertz CT molecular complexity index is 1540. The molecule has 0 bridgehead atoms. The minimum atomic E-state index is -0.547. The number of nitriles is 1. The lowest BCUT2D eigenvalue weighted by molar-refractivity contribution is -0.113. The van der Waals surface area contributed by atoms with Crippen molar-refractivity contribution in [2.24, 2.45) is 0 Å². The van der Waals surface area contributed by atoms with E-state index >= 15 is 0 Å². The molecular weight excluding hydrogens is 462 g/mol. The summed E-state index contributed by atoms with van der Waals surface area (Å²) >= 11 is 5.95. The highest BCUT2D eigenvalue weighted by Gasteiger charge is 2.35. The van der Waals surface area contributed by atoms with Gasteiger partial charge in [-0.2, -0.15) is 5.26 Å². The number of nitrogens with zero attached hydrogens (tertiary/aromatic N) is 2. The lowest BCUT2D eigenvalue weighted by Gasteiger charge is -2.13. The van der Waals surface area contributed by atoms with E-state index in [2.05, 4.69) is 11.4 Å². The second-order valence-electron chi connectivity index (χ2n) is 7.86. The normalized spacial score (nSPS) is 14.3. The first kappa shape index (κ1) is 22.2. The van der Waals surface area contributed by atoms with Crippen LogP contribution < -0.4 is 15.0 Å². The molecule has 0 spiro atoms. The van der Waals surface area contributed by atoms with Crippen molar-refractivity contribution in [2.45, 2.75) is 6.61 Å². The van der Waals surface area contributed by atoms with Crippen molar-refractivity contribution in [1.82, 2.24) is 5.32 Å². The number of halogens is 1. The van der Waals surface area contributed by atoms with E-state index < -0.39 is 11.9 Å². The van der Waals surface area contributed by atoms with Gasteiger partial charge in [0, 0.05) is 16.1 Å². The van der Waals surface area contributed by atoms with Gasteiger partial charge in [0.2, 0.25) is 0 Å². The molecule has 0 aromatic heterocycles. The highest BCUT2D eigenvalue weighted by Crippen LogP contribution is 2.32. The molecule has 1 aliphatic rings. The van der Waals surface area contributed by atoms with Gasteiger partial charge in [0.1, 0.15) is 18.1 Å². The Balaban J connectivity index is 1.54. The monoisotopic (exact) mass is 479 g/mol. The van der Waals surface area contributed by atoms with E-state index in [9.17, 15) is 14.9 Å². The smallest absolute Gasteiger partial charge is 0.333 e. The van der Waals surface area contributed by atoms with Gasteiger partial charge in [-0.1, -0.05) is 60.1 Å². The fraction of sp³-hybridized carbons (Fsp3) is 0.0357. The van der Waals surface area contributed by atoms with Crippen LogP contribution in [0.5, 0.6) is 5.75 Å². The van der Waals surface area contributed by atoms with E-state index in [1.54, 1.807) is 42.5 Å². The molecule has 5 rings (SSSR count). The Morgan fingerprint density at radius 1 is 0.943 bits per heavy atom. The van der Waals surface area contributed by atoms with Crippen LogP contribution in [-0.2, 0) is 11.4 Å². The number of hydrogen-bond acceptors (Lipinski definition) is 4. The maximum Gasteiger partial charge on any atom is 0.333 e. The molecule has 1 aliphatic heterocycles. The van der Waals surface area contributed by atoms with Gasteiger partial charge in [-0.3, -0.25) is 4.79 Å². The molecule has 1 N–H and O–H groups in total. The van der Waals surface area contributed by atoms with Gasteiger partial charge < -0.3 is 10.1 Å². The summed E-state index contributed by atoms with van der Waals surface area (Å²) in [6.45, 7) is 0.176. The zero-order chi connectivity index (χ0) is 24.4. The average Bonchev–Trinajstić information content (AvgIpc) is 3.16. The predicted molar refractivity (Wildman–Crippen MR) is 135 cm³/mol. The van der Waals surface area contributed by atoms with E-state index in [1.807, 2.05) is 48.5 Å². The molecule has 7 heteroatoms. The number of nitrogens with one attached hydrogen (secondary N) is 1. The summed E-state index contributed by atoms with van der Waals surface area (Å²) in [4.78, 5) is 26.9. The van der Waals surface area contributed by atoms with Gasteiger partial charge in [-0.05, 0) is 53.2 Å². The Morgan fingerprint density at radius 2 is 1.69 bits per heavy atom. The lowest BCUT2D eigenvalue weighted by Crippen LogP contribution is -2.30. The average molecular weight is 480 g/mol. The van der Waals surface area contributed by atoms with Crippen LogP contribution in [0.15, 0.2) is 90.6 Å². The topological polar surface area (TPSA) is 82.4 Å². The van der Waals surface area contributed by atoms with Gasteiger partial charge in [-0.25, -0.2) is 9.69 Å². The number of anilines is 1. The second-order valence-corrected chi connectivity index (χ2v) is 8.30. The summed E-state index contributed by atoms with van der Waals surface area (Å²) < 4.78 is 6.12. The molecule has 1 heterocycles. The third-order valence-corrected chi connectivity index (χ3v) is 5.96. The van der Waals surface area contributed by atoms with Crippen molar-refractivity contribution in [1.29, 1.82) is 5.26 Å². The van der Waals surface area contributed by atoms with Crippen LogP contribution in [0.3, 0.4) is 0 Å². The van der Waals surface area contributed by atoms with Crippen molar-refractivity contribution >= 4 is 46.1 Å². The van der Waals surface area contributed by atoms with E-state index in [-0.39, 0.29) is 12.3 Å². The molecule has 35 heavy (non-hydrogen) atoms. The third-order valence-electron chi connectivity index (χ3n) is 5.70. The van der Waals surface area contributed by atoms with Gasteiger partial charge in [0.05, 0.1) is 17.3 Å². The third kappa shape index (κ3) is 4.33. The molecule has 0 saturated carbocycles. The molecule has 0 unspecified atom stereocenters. The number of urea groups is 1. The molecule has 170 valence electrons. The second kappa shape index (κ2) is 9.34. The largest absolute Gasteiger partial charge is 0.488 e. The number of benzene rings is 4.